The second kappa shape index (κ2) is 5.18. The molecule has 0 amide bonds. The van der Waals surface area contributed by atoms with Crippen LogP contribution in [0.25, 0.3) is 0 Å². The van der Waals surface area contributed by atoms with Crippen molar-refractivity contribution in [2.75, 3.05) is 11.4 Å². The molecule has 3 nitrogen and oxygen atoms in total. The first-order chi connectivity index (χ1) is 9.21. The highest BCUT2D eigenvalue weighted by atomic mass is 35.5. The second-order valence-corrected chi connectivity index (χ2v) is 4.98. The largest absolute Gasteiger partial charge is 0.506 e. The van der Waals surface area contributed by atoms with E-state index in [4.69, 9.17) is 23.2 Å². The summed E-state index contributed by atoms with van der Waals surface area (Å²) in [4.78, 5) is 5.09. The van der Waals surface area contributed by atoms with E-state index in [9.17, 15) is 18.3 Å². The van der Waals surface area contributed by atoms with Gasteiger partial charge in [0.15, 0.2) is 0 Å². The summed E-state index contributed by atoms with van der Waals surface area (Å²) < 4.78 is 39.0. The van der Waals surface area contributed by atoms with Crippen molar-refractivity contribution in [3.8, 4) is 0 Å². The van der Waals surface area contributed by atoms with Gasteiger partial charge in [0.2, 0.25) is 0 Å². The fourth-order valence-corrected chi connectivity index (χ4v) is 2.34. The third kappa shape index (κ3) is 2.71. The topological polar surface area (TPSA) is 36.4 Å². The maximum atomic E-state index is 13.0. The number of hydrogen-bond donors (Lipinski definition) is 1. The van der Waals surface area contributed by atoms with E-state index in [0.29, 0.717) is 5.69 Å². The standard InChI is InChI=1S/C12H9Cl2F3N2O/c1-6-10(12(15,16)17)11(20)8(13)5-19(6)7-2-3-18-9(14)4-7/h2-4,20H,5H2,1H3. The van der Waals surface area contributed by atoms with Crippen molar-refractivity contribution in [1.29, 1.82) is 0 Å². The number of hydrogen-bond acceptors (Lipinski definition) is 3. The first-order valence-electron chi connectivity index (χ1n) is 5.47. The van der Waals surface area contributed by atoms with Crippen LogP contribution in [-0.2, 0) is 0 Å². The molecule has 1 aliphatic rings. The van der Waals surface area contributed by atoms with Crippen LogP contribution in [-0.4, -0.2) is 22.8 Å². The van der Waals surface area contributed by atoms with Crippen molar-refractivity contribution in [2.45, 2.75) is 13.1 Å². The van der Waals surface area contributed by atoms with Gasteiger partial charge >= 0.3 is 6.18 Å². The number of aliphatic hydroxyl groups excluding tert-OH is 1. The molecule has 8 heteroatoms. The molecule has 2 rings (SSSR count). The zero-order valence-corrected chi connectivity index (χ0v) is 11.7. The molecule has 1 aromatic heterocycles. The van der Waals surface area contributed by atoms with Crippen molar-refractivity contribution >= 4 is 28.9 Å². The minimum absolute atomic E-state index is 0.0703. The molecule has 108 valence electrons. The zero-order valence-electron chi connectivity index (χ0n) is 10.2. The van der Waals surface area contributed by atoms with Gasteiger partial charge < -0.3 is 10.0 Å². The molecular weight excluding hydrogens is 316 g/mol. The van der Waals surface area contributed by atoms with Gasteiger partial charge in [-0.05, 0) is 19.1 Å². The summed E-state index contributed by atoms with van der Waals surface area (Å²) in [6, 6.07) is 2.93. The first kappa shape index (κ1) is 15.0. The molecule has 0 saturated carbocycles. The molecule has 2 heterocycles. The molecule has 0 atom stereocenters. The van der Waals surface area contributed by atoms with E-state index in [1.54, 1.807) is 0 Å². The van der Waals surface area contributed by atoms with E-state index < -0.39 is 17.5 Å². The number of halogens is 5. The van der Waals surface area contributed by atoms with Crippen LogP contribution in [0.1, 0.15) is 6.92 Å². The van der Waals surface area contributed by atoms with Crippen LogP contribution in [0.3, 0.4) is 0 Å². The highest BCUT2D eigenvalue weighted by Gasteiger charge is 2.42. The molecule has 0 unspecified atom stereocenters. The van der Waals surface area contributed by atoms with Crippen molar-refractivity contribution < 1.29 is 18.3 Å². The molecule has 20 heavy (non-hydrogen) atoms. The first-order valence-corrected chi connectivity index (χ1v) is 6.22. The van der Waals surface area contributed by atoms with Crippen molar-refractivity contribution in [3.05, 3.63) is 45.5 Å². The Morgan fingerprint density at radius 3 is 2.55 bits per heavy atom. The van der Waals surface area contributed by atoms with Crippen LogP contribution in [0.4, 0.5) is 18.9 Å². The molecule has 0 fully saturated rings. The van der Waals surface area contributed by atoms with Crippen LogP contribution in [0.5, 0.6) is 0 Å². The van der Waals surface area contributed by atoms with Crippen molar-refractivity contribution in [3.63, 3.8) is 0 Å². The average molecular weight is 325 g/mol. The smallest absolute Gasteiger partial charge is 0.421 e. The number of alkyl halides is 3. The SMILES string of the molecule is CC1=C(C(F)(F)F)C(O)=C(Cl)CN1c1ccnc(Cl)c1. The van der Waals surface area contributed by atoms with E-state index in [0.717, 1.165) is 0 Å². The number of anilines is 1. The van der Waals surface area contributed by atoms with Crippen molar-refractivity contribution in [2.24, 2.45) is 0 Å². The summed E-state index contributed by atoms with van der Waals surface area (Å²) >= 11 is 11.5. The molecule has 0 saturated heterocycles. The normalized spacial score (nSPS) is 17.0. The number of nitrogens with zero attached hydrogens (tertiary/aromatic N) is 2. The maximum absolute atomic E-state index is 13.0. The molecule has 0 bridgehead atoms. The van der Waals surface area contributed by atoms with Gasteiger partial charge in [0, 0.05) is 17.6 Å². The Balaban J connectivity index is 2.56. The summed E-state index contributed by atoms with van der Waals surface area (Å²) in [6.45, 7) is 1.19. The Labute approximate surface area is 122 Å². The summed E-state index contributed by atoms with van der Waals surface area (Å²) in [5.41, 5.74) is -0.891. The quantitative estimate of drug-likeness (QED) is 0.778. The Morgan fingerprint density at radius 2 is 2.00 bits per heavy atom. The third-order valence-corrected chi connectivity index (χ3v) is 3.37. The number of pyridine rings is 1. The average Bonchev–Trinajstić information content (AvgIpc) is 2.32. The maximum Gasteiger partial charge on any atom is 0.421 e. The molecule has 1 aliphatic heterocycles. The Morgan fingerprint density at radius 1 is 1.35 bits per heavy atom. The number of rotatable bonds is 1. The van der Waals surface area contributed by atoms with E-state index in [1.165, 1.54) is 30.2 Å². The van der Waals surface area contributed by atoms with Gasteiger partial charge in [-0.3, -0.25) is 0 Å². The minimum atomic E-state index is -4.70. The highest BCUT2D eigenvalue weighted by Crippen LogP contribution is 2.40. The van der Waals surface area contributed by atoms with E-state index >= 15 is 0 Å². The van der Waals surface area contributed by atoms with Gasteiger partial charge in [-0.25, -0.2) is 4.98 Å². The van der Waals surface area contributed by atoms with E-state index in [1.807, 2.05) is 0 Å². The molecule has 1 N–H and O–H groups in total. The predicted molar refractivity (Wildman–Crippen MR) is 70.9 cm³/mol. The summed E-state index contributed by atoms with van der Waals surface area (Å²) in [5, 5.41) is 9.44. The fourth-order valence-electron chi connectivity index (χ4n) is 1.96. The van der Waals surface area contributed by atoms with Gasteiger partial charge in [-0.15, -0.1) is 0 Å². The summed E-state index contributed by atoms with van der Waals surface area (Å²) in [5.74, 6) is -0.937. The third-order valence-electron chi connectivity index (χ3n) is 2.86. The molecule has 0 radical (unpaired) electrons. The molecular formula is C12H9Cl2F3N2O. The number of aromatic nitrogens is 1. The van der Waals surface area contributed by atoms with Gasteiger partial charge in [-0.2, -0.15) is 13.2 Å². The molecule has 0 spiro atoms. The lowest BCUT2D eigenvalue weighted by molar-refractivity contribution is -0.0936. The summed E-state index contributed by atoms with van der Waals surface area (Å²) in [7, 11) is 0. The Bertz CT molecular complexity index is 611. The zero-order chi connectivity index (χ0) is 15.1. The van der Waals surface area contributed by atoms with Gasteiger partial charge in [0.1, 0.15) is 16.5 Å². The van der Waals surface area contributed by atoms with Crippen LogP contribution >= 0.6 is 23.2 Å². The molecule has 0 aromatic carbocycles. The van der Waals surface area contributed by atoms with E-state index in [2.05, 4.69) is 4.98 Å². The van der Waals surface area contributed by atoms with Gasteiger partial charge in [0.25, 0.3) is 0 Å². The molecule has 0 aliphatic carbocycles. The lowest BCUT2D eigenvalue weighted by atomic mass is 10.1. The fraction of sp³-hybridized carbons (Fsp3) is 0.250. The monoisotopic (exact) mass is 324 g/mol. The van der Waals surface area contributed by atoms with Crippen LogP contribution in [0, 0.1) is 0 Å². The van der Waals surface area contributed by atoms with Crippen LogP contribution in [0.2, 0.25) is 5.15 Å². The second-order valence-electron chi connectivity index (χ2n) is 4.13. The minimum Gasteiger partial charge on any atom is -0.506 e. The Hall–Kier alpha value is -1.40. The van der Waals surface area contributed by atoms with Crippen LogP contribution in [0.15, 0.2) is 40.4 Å². The lowest BCUT2D eigenvalue weighted by Crippen LogP contribution is -2.33. The highest BCUT2D eigenvalue weighted by molar-refractivity contribution is 6.31. The number of aliphatic hydroxyl groups is 1. The Kier molecular flexibility index (Phi) is 3.88. The molecule has 1 aromatic rings. The number of allylic oxidation sites excluding steroid dienone is 2. The van der Waals surface area contributed by atoms with Crippen LogP contribution < -0.4 is 4.90 Å². The lowest BCUT2D eigenvalue weighted by Gasteiger charge is -2.32. The van der Waals surface area contributed by atoms with Crippen molar-refractivity contribution in [1.82, 2.24) is 4.98 Å². The predicted octanol–water partition coefficient (Wildman–Crippen LogP) is 4.40. The summed E-state index contributed by atoms with van der Waals surface area (Å²) in [6.07, 6.45) is -3.33. The van der Waals surface area contributed by atoms with Gasteiger partial charge in [0.05, 0.1) is 11.6 Å². The van der Waals surface area contributed by atoms with E-state index in [-0.39, 0.29) is 22.4 Å². The van der Waals surface area contributed by atoms with Gasteiger partial charge in [-0.1, -0.05) is 23.2 Å².